The number of aromatic nitrogens is 2. The van der Waals surface area contributed by atoms with E-state index in [2.05, 4.69) is 9.71 Å². The van der Waals surface area contributed by atoms with Gasteiger partial charge in [-0.3, -0.25) is 9.36 Å². The zero-order chi connectivity index (χ0) is 18.2. The third-order valence-electron chi connectivity index (χ3n) is 4.30. The first kappa shape index (κ1) is 17.8. The van der Waals surface area contributed by atoms with E-state index < -0.39 is 27.3 Å². The standard InChI is InChI=1S/C15H19N3O6S/c1-18-14(19)10-7-9(3-4-11(10)16-15(18)20)25(21,22)17-12-5-6-24-8-13(12)23-2/h3-4,7,12-13,17H,5-6,8H2,1-2H3,(H,16,20)/t12-,13-/m1/s1. The Kier molecular flexibility index (Phi) is 4.78. The largest absolute Gasteiger partial charge is 0.379 e. The monoisotopic (exact) mass is 369 g/mol. The number of fused-ring (bicyclic) bond motifs is 1. The van der Waals surface area contributed by atoms with Crippen molar-refractivity contribution in [1.29, 1.82) is 0 Å². The van der Waals surface area contributed by atoms with Gasteiger partial charge in [-0.15, -0.1) is 0 Å². The second kappa shape index (κ2) is 6.71. The van der Waals surface area contributed by atoms with Gasteiger partial charge in [0.05, 0.1) is 34.6 Å². The topological polar surface area (TPSA) is 119 Å². The normalized spacial score (nSPS) is 21.5. The molecule has 2 N–H and O–H groups in total. The van der Waals surface area contributed by atoms with Crippen LogP contribution in [0, 0.1) is 0 Å². The highest BCUT2D eigenvalue weighted by Crippen LogP contribution is 2.18. The average molecular weight is 369 g/mol. The number of hydrogen-bond acceptors (Lipinski definition) is 6. The summed E-state index contributed by atoms with van der Waals surface area (Å²) in [5.74, 6) is 0. The molecule has 2 heterocycles. The Balaban J connectivity index is 2.00. The minimum absolute atomic E-state index is 0.0505. The summed E-state index contributed by atoms with van der Waals surface area (Å²) in [7, 11) is -1.04. The molecule has 0 unspecified atom stereocenters. The van der Waals surface area contributed by atoms with E-state index in [1.807, 2.05) is 0 Å². The molecule has 10 heteroatoms. The van der Waals surface area contributed by atoms with Gasteiger partial charge >= 0.3 is 5.69 Å². The summed E-state index contributed by atoms with van der Waals surface area (Å²) in [5, 5.41) is 0.125. The zero-order valence-electron chi connectivity index (χ0n) is 13.8. The van der Waals surface area contributed by atoms with Crippen molar-refractivity contribution in [3.05, 3.63) is 39.0 Å². The van der Waals surface area contributed by atoms with Gasteiger partial charge in [0.25, 0.3) is 5.56 Å². The first-order valence-corrected chi connectivity index (χ1v) is 9.18. The molecule has 0 saturated carbocycles. The van der Waals surface area contributed by atoms with Crippen LogP contribution in [0.15, 0.2) is 32.7 Å². The van der Waals surface area contributed by atoms with Gasteiger partial charge in [-0.1, -0.05) is 0 Å². The maximum atomic E-state index is 12.7. The number of sulfonamides is 1. The van der Waals surface area contributed by atoms with Gasteiger partial charge in [-0.25, -0.2) is 17.9 Å². The van der Waals surface area contributed by atoms with E-state index >= 15 is 0 Å². The Morgan fingerprint density at radius 1 is 1.36 bits per heavy atom. The van der Waals surface area contributed by atoms with Crippen molar-refractivity contribution in [1.82, 2.24) is 14.3 Å². The molecule has 3 rings (SSSR count). The highest BCUT2D eigenvalue weighted by atomic mass is 32.2. The third-order valence-corrected chi connectivity index (χ3v) is 5.78. The number of ether oxygens (including phenoxy) is 2. The summed E-state index contributed by atoms with van der Waals surface area (Å²) in [4.78, 5) is 26.3. The lowest BCUT2D eigenvalue weighted by Gasteiger charge is -2.30. The molecule has 0 spiro atoms. The lowest BCUT2D eigenvalue weighted by atomic mass is 10.1. The highest BCUT2D eigenvalue weighted by Gasteiger charge is 2.30. The van der Waals surface area contributed by atoms with Crippen LogP contribution in [0.2, 0.25) is 0 Å². The van der Waals surface area contributed by atoms with Crippen molar-refractivity contribution in [3.63, 3.8) is 0 Å². The predicted molar refractivity (Wildman–Crippen MR) is 90.2 cm³/mol. The fourth-order valence-corrected chi connectivity index (χ4v) is 4.12. The van der Waals surface area contributed by atoms with Crippen molar-refractivity contribution in [2.75, 3.05) is 20.3 Å². The average Bonchev–Trinajstić information content (AvgIpc) is 2.59. The number of H-pyrrole nitrogens is 1. The Labute approximate surface area is 143 Å². The van der Waals surface area contributed by atoms with Crippen LogP contribution in [0.25, 0.3) is 10.9 Å². The molecule has 2 aromatic rings. The van der Waals surface area contributed by atoms with Crippen LogP contribution in [0.3, 0.4) is 0 Å². The molecule has 1 fully saturated rings. The van der Waals surface area contributed by atoms with E-state index in [9.17, 15) is 18.0 Å². The van der Waals surface area contributed by atoms with Crippen LogP contribution in [-0.2, 0) is 26.5 Å². The van der Waals surface area contributed by atoms with Gasteiger partial charge in [0.1, 0.15) is 0 Å². The number of nitrogens with zero attached hydrogens (tertiary/aromatic N) is 1. The number of benzene rings is 1. The lowest BCUT2D eigenvalue weighted by Crippen LogP contribution is -2.49. The van der Waals surface area contributed by atoms with Gasteiger partial charge < -0.3 is 14.5 Å². The maximum absolute atomic E-state index is 12.7. The minimum atomic E-state index is -3.86. The molecule has 1 aliphatic rings. The molecule has 0 bridgehead atoms. The molecule has 1 aromatic heterocycles. The van der Waals surface area contributed by atoms with Crippen LogP contribution in [0.4, 0.5) is 0 Å². The summed E-state index contributed by atoms with van der Waals surface area (Å²) < 4.78 is 39.4. The maximum Gasteiger partial charge on any atom is 0.328 e. The second-order valence-corrected chi connectivity index (χ2v) is 7.58. The molecule has 25 heavy (non-hydrogen) atoms. The van der Waals surface area contributed by atoms with Crippen LogP contribution < -0.4 is 16.0 Å². The number of aromatic amines is 1. The van der Waals surface area contributed by atoms with E-state index in [-0.39, 0.29) is 21.9 Å². The fourth-order valence-electron chi connectivity index (χ4n) is 2.79. The zero-order valence-corrected chi connectivity index (χ0v) is 14.6. The summed E-state index contributed by atoms with van der Waals surface area (Å²) in [5.41, 5.74) is -0.833. The fraction of sp³-hybridized carbons (Fsp3) is 0.467. The number of nitrogens with one attached hydrogen (secondary N) is 2. The Morgan fingerprint density at radius 3 is 2.84 bits per heavy atom. The molecule has 2 atom stereocenters. The number of methoxy groups -OCH3 is 1. The van der Waals surface area contributed by atoms with Crippen molar-refractivity contribution in [2.24, 2.45) is 7.05 Å². The Bertz CT molecular complexity index is 1010. The molecule has 0 amide bonds. The number of hydrogen-bond donors (Lipinski definition) is 2. The molecule has 136 valence electrons. The first-order valence-electron chi connectivity index (χ1n) is 7.69. The van der Waals surface area contributed by atoms with Crippen LogP contribution in [0.1, 0.15) is 6.42 Å². The van der Waals surface area contributed by atoms with E-state index in [0.29, 0.717) is 19.6 Å². The highest BCUT2D eigenvalue weighted by molar-refractivity contribution is 7.89. The lowest BCUT2D eigenvalue weighted by molar-refractivity contribution is -0.0448. The molecule has 1 aromatic carbocycles. The van der Waals surface area contributed by atoms with Crippen molar-refractivity contribution < 1.29 is 17.9 Å². The van der Waals surface area contributed by atoms with Gasteiger partial charge in [0.15, 0.2) is 0 Å². The Morgan fingerprint density at radius 2 is 2.12 bits per heavy atom. The molecule has 0 radical (unpaired) electrons. The van der Waals surface area contributed by atoms with Gasteiger partial charge in [0.2, 0.25) is 10.0 Å². The quantitative estimate of drug-likeness (QED) is 0.736. The summed E-state index contributed by atoms with van der Waals surface area (Å²) in [6, 6.07) is 3.60. The summed E-state index contributed by atoms with van der Waals surface area (Å²) >= 11 is 0. The molecular weight excluding hydrogens is 350 g/mol. The predicted octanol–water partition coefficient (Wildman–Crippen LogP) is -0.691. The molecule has 0 aliphatic carbocycles. The second-order valence-electron chi connectivity index (χ2n) is 5.87. The van der Waals surface area contributed by atoms with E-state index in [1.165, 1.54) is 32.4 Å². The smallest absolute Gasteiger partial charge is 0.328 e. The number of rotatable bonds is 4. The first-order chi connectivity index (χ1) is 11.8. The molecule has 1 saturated heterocycles. The van der Waals surface area contributed by atoms with Gasteiger partial charge in [-0.2, -0.15) is 0 Å². The molecular formula is C15H19N3O6S. The molecule has 9 nitrogen and oxygen atoms in total. The van der Waals surface area contributed by atoms with Crippen molar-refractivity contribution >= 4 is 20.9 Å². The Hall–Kier alpha value is -2.01. The summed E-state index contributed by atoms with van der Waals surface area (Å²) in [6.07, 6.45) is 0.105. The van der Waals surface area contributed by atoms with Crippen molar-refractivity contribution in [3.8, 4) is 0 Å². The van der Waals surface area contributed by atoms with Crippen LogP contribution >= 0.6 is 0 Å². The molecule has 1 aliphatic heterocycles. The van der Waals surface area contributed by atoms with Gasteiger partial charge in [0, 0.05) is 20.8 Å². The van der Waals surface area contributed by atoms with Crippen LogP contribution in [-0.4, -0.2) is 50.4 Å². The third kappa shape index (κ3) is 3.38. The SMILES string of the molecule is CO[C@@H]1COCC[C@H]1NS(=O)(=O)c1ccc2[nH]c(=O)n(C)c(=O)c2c1. The van der Waals surface area contributed by atoms with Crippen molar-refractivity contribution in [2.45, 2.75) is 23.5 Å². The van der Waals surface area contributed by atoms with Gasteiger partial charge in [-0.05, 0) is 24.6 Å². The van der Waals surface area contributed by atoms with Crippen LogP contribution in [0.5, 0.6) is 0 Å². The summed E-state index contributed by atoms with van der Waals surface area (Å²) in [6.45, 7) is 0.746. The van der Waals surface area contributed by atoms with E-state index in [0.717, 1.165) is 4.57 Å². The minimum Gasteiger partial charge on any atom is -0.379 e. The van der Waals surface area contributed by atoms with E-state index in [4.69, 9.17) is 9.47 Å². The van der Waals surface area contributed by atoms with E-state index in [1.54, 1.807) is 0 Å².